The third kappa shape index (κ3) is 3.57. The lowest BCUT2D eigenvalue weighted by Crippen LogP contribution is -2.41. The van der Waals surface area contributed by atoms with Crippen molar-refractivity contribution in [2.24, 2.45) is 5.92 Å². The number of piperidine rings is 1. The fraction of sp³-hybridized carbons (Fsp3) is 0.700. The minimum absolute atomic E-state index is 0.0841. The molecule has 10 heteroatoms. The van der Waals surface area contributed by atoms with Gasteiger partial charge in [0.1, 0.15) is 0 Å². The van der Waals surface area contributed by atoms with Gasteiger partial charge < -0.3 is 10.0 Å². The Balaban J connectivity index is 1.90. The van der Waals surface area contributed by atoms with Crippen LogP contribution in [0.3, 0.4) is 0 Å². The molecule has 2 rings (SSSR count). The van der Waals surface area contributed by atoms with E-state index in [-0.39, 0.29) is 17.7 Å². The summed E-state index contributed by atoms with van der Waals surface area (Å²) in [6.07, 6.45) is -3.21. The highest BCUT2D eigenvalue weighted by Crippen LogP contribution is 2.33. The zero-order valence-corrected chi connectivity index (χ0v) is 11.2. The Bertz CT molecular complexity index is 471. The number of rotatable bonds is 2. The molecule has 1 fully saturated rings. The molecule has 0 aliphatic carbocycles. The van der Waals surface area contributed by atoms with Crippen LogP contribution in [0.15, 0.2) is 0 Å². The number of anilines is 1. The first-order valence-corrected chi connectivity index (χ1v) is 6.79. The second kappa shape index (κ2) is 5.92. The van der Waals surface area contributed by atoms with Crippen LogP contribution in [0.25, 0.3) is 0 Å². The standard InChI is InChI=1S/C10H13F3N4O2S/c11-10(12,13)7-15-16-8(20-7)14-9(19)17-3-1-6(5-18)2-4-17/h6,18H,1-5H2,(H,14,16,19). The van der Waals surface area contributed by atoms with Gasteiger partial charge in [0.25, 0.3) is 0 Å². The number of carbonyl (C=O) groups is 1. The Morgan fingerprint density at radius 2 is 2.05 bits per heavy atom. The van der Waals surface area contributed by atoms with Gasteiger partial charge in [-0.2, -0.15) is 13.2 Å². The van der Waals surface area contributed by atoms with Gasteiger partial charge in [0.15, 0.2) is 0 Å². The maximum Gasteiger partial charge on any atom is 0.445 e. The summed E-state index contributed by atoms with van der Waals surface area (Å²) in [6, 6.07) is -0.494. The summed E-state index contributed by atoms with van der Waals surface area (Å²) in [7, 11) is 0. The molecule has 1 aromatic heterocycles. The first kappa shape index (κ1) is 15.0. The van der Waals surface area contributed by atoms with Gasteiger partial charge in [0.05, 0.1) is 0 Å². The van der Waals surface area contributed by atoms with Crippen LogP contribution in [0.2, 0.25) is 0 Å². The molecule has 1 saturated heterocycles. The van der Waals surface area contributed by atoms with Crippen LogP contribution in [-0.2, 0) is 6.18 Å². The molecular formula is C10H13F3N4O2S. The van der Waals surface area contributed by atoms with E-state index in [4.69, 9.17) is 5.11 Å². The van der Waals surface area contributed by atoms with Crippen LogP contribution in [0, 0.1) is 5.92 Å². The lowest BCUT2D eigenvalue weighted by molar-refractivity contribution is -0.138. The summed E-state index contributed by atoms with van der Waals surface area (Å²) in [4.78, 5) is 13.3. The zero-order chi connectivity index (χ0) is 14.8. The molecule has 1 aromatic rings. The van der Waals surface area contributed by atoms with E-state index < -0.39 is 17.2 Å². The second-order valence-electron chi connectivity index (χ2n) is 4.45. The van der Waals surface area contributed by atoms with Gasteiger partial charge in [0.2, 0.25) is 10.1 Å². The largest absolute Gasteiger partial charge is 0.445 e. The molecule has 1 aliphatic rings. The molecule has 112 valence electrons. The van der Waals surface area contributed by atoms with Crippen LogP contribution in [0.1, 0.15) is 17.8 Å². The van der Waals surface area contributed by atoms with E-state index in [1.807, 2.05) is 0 Å². The van der Waals surface area contributed by atoms with Crippen molar-refractivity contribution < 1.29 is 23.1 Å². The lowest BCUT2D eigenvalue weighted by Gasteiger charge is -2.30. The maximum absolute atomic E-state index is 12.3. The normalized spacial score (nSPS) is 17.3. The molecule has 0 unspecified atom stereocenters. The van der Waals surface area contributed by atoms with Crippen molar-refractivity contribution in [2.45, 2.75) is 19.0 Å². The van der Waals surface area contributed by atoms with Crippen molar-refractivity contribution >= 4 is 22.5 Å². The Morgan fingerprint density at radius 1 is 1.40 bits per heavy atom. The van der Waals surface area contributed by atoms with E-state index in [1.165, 1.54) is 4.90 Å². The van der Waals surface area contributed by atoms with E-state index in [0.29, 0.717) is 37.3 Å². The van der Waals surface area contributed by atoms with Gasteiger partial charge in [-0.25, -0.2) is 4.79 Å². The maximum atomic E-state index is 12.3. The highest BCUT2D eigenvalue weighted by atomic mass is 32.1. The molecule has 0 atom stereocenters. The molecule has 20 heavy (non-hydrogen) atoms. The van der Waals surface area contributed by atoms with Gasteiger partial charge in [-0.3, -0.25) is 5.32 Å². The fourth-order valence-corrected chi connectivity index (χ4v) is 2.48. The second-order valence-corrected chi connectivity index (χ2v) is 5.43. The quantitative estimate of drug-likeness (QED) is 0.873. The molecule has 0 saturated carbocycles. The number of aliphatic hydroxyl groups excluding tert-OH is 1. The Morgan fingerprint density at radius 3 is 2.55 bits per heavy atom. The number of aromatic nitrogens is 2. The predicted octanol–water partition coefficient (Wildman–Crippen LogP) is 1.79. The van der Waals surface area contributed by atoms with Crippen molar-refractivity contribution in [1.82, 2.24) is 15.1 Å². The molecule has 2 N–H and O–H groups in total. The number of nitrogens with one attached hydrogen (secondary N) is 1. The number of nitrogens with zero attached hydrogens (tertiary/aromatic N) is 3. The van der Waals surface area contributed by atoms with Gasteiger partial charge in [-0.15, -0.1) is 10.2 Å². The number of amides is 2. The number of aliphatic hydroxyl groups is 1. The minimum Gasteiger partial charge on any atom is -0.396 e. The van der Waals surface area contributed by atoms with Crippen molar-refractivity contribution in [2.75, 3.05) is 25.0 Å². The molecule has 0 aromatic carbocycles. The Hall–Kier alpha value is -1.42. The van der Waals surface area contributed by atoms with Crippen molar-refractivity contribution in [3.05, 3.63) is 5.01 Å². The lowest BCUT2D eigenvalue weighted by atomic mass is 9.98. The monoisotopic (exact) mass is 310 g/mol. The van der Waals surface area contributed by atoms with Gasteiger partial charge >= 0.3 is 12.2 Å². The van der Waals surface area contributed by atoms with Crippen LogP contribution >= 0.6 is 11.3 Å². The highest BCUT2D eigenvalue weighted by molar-refractivity contribution is 7.15. The van der Waals surface area contributed by atoms with Crippen LogP contribution in [0.5, 0.6) is 0 Å². The van der Waals surface area contributed by atoms with E-state index in [2.05, 4.69) is 15.5 Å². The number of alkyl halides is 3. The van der Waals surface area contributed by atoms with E-state index in [1.54, 1.807) is 0 Å². The summed E-state index contributed by atoms with van der Waals surface area (Å²) in [5.74, 6) is 0.178. The molecular weight excluding hydrogens is 297 g/mol. The average molecular weight is 310 g/mol. The number of hydrogen-bond acceptors (Lipinski definition) is 5. The first-order chi connectivity index (χ1) is 9.40. The predicted molar refractivity (Wildman–Crippen MR) is 65.3 cm³/mol. The molecule has 0 radical (unpaired) electrons. The topological polar surface area (TPSA) is 78.4 Å². The first-order valence-electron chi connectivity index (χ1n) is 5.97. The molecule has 2 heterocycles. The Kier molecular flexibility index (Phi) is 4.43. The molecule has 6 nitrogen and oxygen atoms in total. The van der Waals surface area contributed by atoms with E-state index in [0.717, 1.165) is 0 Å². The summed E-state index contributed by atoms with van der Waals surface area (Å²) >= 11 is 0.291. The molecule has 0 spiro atoms. The molecule has 2 amide bonds. The van der Waals surface area contributed by atoms with Crippen molar-refractivity contribution in [1.29, 1.82) is 0 Å². The van der Waals surface area contributed by atoms with E-state index >= 15 is 0 Å². The van der Waals surface area contributed by atoms with Crippen LogP contribution in [0.4, 0.5) is 23.1 Å². The van der Waals surface area contributed by atoms with Crippen molar-refractivity contribution in [3.8, 4) is 0 Å². The third-order valence-electron chi connectivity index (χ3n) is 3.04. The van der Waals surface area contributed by atoms with Gasteiger partial charge in [-0.05, 0) is 18.8 Å². The number of carbonyl (C=O) groups excluding carboxylic acids is 1. The summed E-state index contributed by atoms with van der Waals surface area (Å²) in [6.45, 7) is 1.00. The van der Waals surface area contributed by atoms with Crippen LogP contribution < -0.4 is 5.32 Å². The smallest absolute Gasteiger partial charge is 0.396 e. The number of halogens is 3. The SMILES string of the molecule is O=C(Nc1nnc(C(F)(F)F)s1)N1CCC(CO)CC1. The van der Waals surface area contributed by atoms with Gasteiger partial charge in [0, 0.05) is 19.7 Å². The number of hydrogen-bond donors (Lipinski definition) is 2. The summed E-state index contributed by atoms with van der Waals surface area (Å²) in [5, 5.41) is 16.3. The summed E-state index contributed by atoms with van der Waals surface area (Å²) < 4.78 is 37.0. The zero-order valence-electron chi connectivity index (χ0n) is 10.4. The van der Waals surface area contributed by atoms with Gasteiger partial charge in [-0.1, -0.05) is 11.3 Å². The minimum atomic E-state index is -4.56. The number of urea groups is 1. The average Bonchev–Trinajstić information content (AvgIpc) is 2.87. The fourth-order valence-electron chi connectivity index (χ4n) is 1.88. The van der Waals surface area contributed by atoms with Crippen molar-refractivity contribution in [3.63, 3.8) is 0 Å². The van der Waals surface area contributed by atoms with E-state index in [9.17, 15) is 18.0 Å². The van der Waals surface area contributed by atoms with Crippen LogP contribution in [-0.4, -0.2) is 45.9 Å². The molecule has 1 aliphatic heterocycles. The highest BCUT2D eigenvalue weighted by Gasteiger charge is 2.36. The number of likely N-dealkylation sites (tertiary alicyclic amines) is 1. The third-order valence-corrected chi connectivity index (χ3v) is 3.92. The Labute approximate surface area is 116 Å². The molecule has 0 bridgehead atoms. The summed E-state index contributed by atoms with van der Waals surface area (Å²) in [5.41, 5.74) is 0.